The van der Waals surface area contributed by atoms with Gasteiger partial charge >= 0.3 is 0 Å². The molecule has 6 heteroatoms. The van der Waals surface area contributed by atoms with Crippen molar-refractivity contribution in [2.24, 2.45) is 0 Å². The van der Waals surface area contributed by atoms with Gasteiger partial charge in [-0.05, 0) is 48.5 Å². The predicted molar refractivity (Wildman–Crippen MR) is 107 cm³/mol. The number of nitriles is 1. The van der Waals surface area contributed by atoms with Crippen LogP contribution < -0.4 is 0 Å². The molecule has 26 heavy (non-hydrogen) atoms. The summed E-state index contributed by atoms with van der Waals surface area (Å²) in [6.07, 6.45) is 1.70. The topological polar surface area (TPSA) is 65.6 Å². The number of H-pyrrole nitrogens is 1. The quantitative estimate of drug-likeness (QED) is 0.402. The van der Waals surface area contributed by atoms with Crippen LogP contribution in [0.25, 0.3) is 22.7 Å². The lowest BCUT2D eigenvalue weighted by Gasteiger charge is -1.98. The molecule has 0 atom stereocenters. The van der Waals surface area contributed by atoms with Gasteiger partial charge < -0.3 is 9.40 Å². The SMILES string of the molecule is N#C/C(=C\c1ccc(Sc2ccc(Br)cc2)o1)c1nc2ccccc2[nH]1. The Morgan fingerprint density at radius 1 is 1.12 bits per heavy atom. The number of para-hydroxylation sites is 2. The van der Waals surface area contributed by atoms with Crippen molar-refractivity contribution in [1.82, 2.24) is 9.97 Å². The summed E-state index contributed by atoms with van der Waals surface area (Å²) in [7, 11) is 0. The molecule has 0 spiro atoms. The number of furan rings is 1. The summed E-state index contributed by atoms with van der Waals surface area (Å²) in [4.78, 5) is 8.71. The van der Waals surface area contributed by atoms with Gasteiger partial charge in [0.05, 0.1) is 16.6 Å². The lowest BCUT2D eigenvalue weighted by molar-refractivity contribution is 0.466. The van der Waals surface area contributed by atoms with Gasteiger partial charge in [-0.25, -0.2) is 4.98 Å². The summed E-state index contributed by atoms with van der Waals surface area (Å²) < 4.78 is 6.86. The van der Waals surface area contributed by atoms with Gasteiger partial charge in [0, 0.05) is 15.4 Å². The Morgan fingerprint density at radius 2 is 1.92 bits per heavy atom. The first-order valence-electron chi connectivity index (χ1n) is 7.81. The summed E-state index contributed by atoms with van der Waals surface area (Å²) >= 11 is 4.95. The molecule has 2 aromatic carbocycles. The first-order chi connectivity index (χ1) is 12.7. The highest BCUT2D eigenvalue weighted by Crippen LogP contribution is 2.31. The molecule has 0 saturated carbocycles. The summed E-state index contributed by atoms with van der Waals surface area (Å²) in [6, 6.07) is 21.6. The fourth-order valence-electron chi connectivity index (χ4n) is 2.46. The second-order valence-corrected chi connectivity index (χ2v) is 7.48. The molecular weight excluding hydrogens is 410 g/mol. The molecule has 4 rings (SSSR count). The molecule has 2 aromatic heterocycles. The number of benzene rings is 2. The van der Waals surface area contributed by atoms with Gasteiger partial charge in [-0.3, -0.25) is 0 Å². The van der Waals surface area contributed by atoms with Gasteiger partial charge in [-0.1, -0.05) is 39.8 Å². The Bertz CT molecular complexity index is 1100. The minimum Gasteiger partial charge on any atom is -0.450 e. The summed E-state index contributed by atoms with van der Waals surface area (Å²) in [5.74, 6) is 1.15. The normalized spacial score (nSPS) is 11.6. The van der Waals surface area contributed by atoms with Crippen molar-refractivity contribution in [3.63, 3.8) is 0 Å². The first kappa shape index (κ1) is 16.7. The van der Waals surface area contributed by atoms with Crippen LogP contribution in [0.1, 0.15) is 11.6 Å². The highest BCUT2D eigenvalue weighted by molar-refractivity contribution is 9.10. The zero-order chi connectivity index (χ0) is 17.9. The molecule has 1 N–H and O–H groups in total. The third-order valence-electron chi connectivity index (χ3n) is 3.69. The van der Waals surface area contributed by atoms with E-state index in [1.165, 1.54) is 11.8 Å². The van der Waals surface area contributed by atoms with E-state index in [9.17, 15) is 5.26 Å². The van der Waals surface area contributed by atoms with Crippen molar-refractivity contribution in [2.75, 3.05) is 0 Å². The number of fused-ring (bicyclic) bond motifs is 1. The van der Waals surface area contributed by atoms with Crippen molar-refractivity contribution in [3.8, 4) is 6.07 Å². The van der Waals surface area contributed by atoms with Crippen LogP contribution in [-0.4, -0.2) is 9.97 Å². The zero-order valence-corrected chi connectivity index (χ0v) is 15.8. The predicted octanol–water partition coefficient (Wildman–Crippen LogP) is 6.13. The molecule has 0 aliphatic rings. The Labute approximate surface area is 162 Å². The number of halogens is 1. The van der Waals surface area contributed by atoms with Crippen LogP contribution in [0.2, 0.25) is 0 Å². The summed E-state index contributed by atoms with van der Waals surface area (Å²) in [5, 5.41) is 10.3. The molecule has 4 aromatic rings. The van der Waals surface area contributed by atoms with Crippen molar-refractivity contribution < 1.29 is 4.42 Å². The van der Waals surface area contributed by atoms with Crippen molar-refractivity contribution in [1.29, 1.82) is 5.26 Å². The van der Waals surface area contributed by atoms with E-state index < -0.39 is 0 Å². The largest absolute Gasteiger partial charge is 0.450 e. The van der Waals surface area contributed by atoms with E-state index in [2.05, 4.69) is 32.0 Å². The lowest BCUT2D eigenvalue weighted by Crippen LogP contribution is -1.84. The van der Waals surface area contributed by atoms with Gasteiger partial charge in [0.1, 0.15) is 17.7 Å². The fraction of sp³-hybridized carbons (Fsp3) is 0. The minimum atomic E-state index is 0.427. The zero-order valence-electron chi connectivity index (χ0n) is 13.4. The molecule has 0 aliphatic carbocycles. The van der Waals surface area contributed by atoms with Crippen LogP contribution in [0.4, 0.5) is 0 Å². The van der Waals surface area contributed by atoms with E-state index in [1.807, 2.05) is 60.7 Å². The maximum atomic E-state index is 9.50. The Morgan fingerprint density at radius 3 is 2.69 bits per heavy atom. The smallest absolute Gasteiger partial charge is 0.165 e. The molecule has 2 heterocycles. The van der Waals surface area contributed by atoms with Gasteiger partial charge in [0.2, 0.25) is 0 Å². The molecule has 0 amide bonds. The van der Waals surface area contributed by atoms with Crippen LogP contribution in [0.15, 0.2) is 79.5 Å². The molecule has 0 saturated heterocycles. The summed E-state index contributed by atoms with van der Waals surface area (Å²) in [5.41, 5.74) is 2.15. The van der Waals surface area contributed by atoms with E-state index >= 15 is 0 Å². The van der Waals surface area contributed by atoms with E-state index in [4.69, 9.17) is 4.42 Å². The average molecular weight is 422 g/mol. The first-order valence-corrected chi connectivity index (χ1v) is 9.42. The van der Waals surface area contributed by atoms with E-state index in [0.717, 1.165) is 25.5 Å². The monoisotopic (exact) mass is 421 g/mol. The molecule has 4 nitrogen and oxygen atoms in total. The van der Waals surface area contributed by atoms with Crippen molar-refractivity contribution in [3.05, 3.63) is 76.7 Å². The number of aromatic nitrogens is 2. The molecule has 0 bridgehead atoms. The standard InChI is InChI=1S/C20H12BrN3OS/c21-14-5-8-16(9-6-14)26-19-10-7-15(25-19)11-13(12-22)20-23-17-3-1-2-4-18(17)24-20/h1-11H,(H,23,24)/b13-11+. The maximum Gasteiger partial charge on any atom is 0.165 e. The molecule has 0 aliphatic heterocycles. The maximum absolute atomic E-state index is 9.50. The third kappa shape index (κ3) is 3.59. The number of hydrogen-bond acceptors (Lipinski definition) is 4. The average Bonchev–Trinajstić information content (AvgIpc) is 3.28. The molecular formula is C20H12BrN3OS. The summed E-state index contributed by atoms with van der Waals surface area (Å²) in [6.45, 7) is 0. The number of nitrogens with one attached hydrogen (secondary N) is 1. The van der Waals surface area contributed by atoms with E-state index in [1.54, 1.807) is 6.08 Å². The van der Waals surface area contributed by atoms with E-state index in [-0.39, 0.29) is 0 Å². The Kier molecular flexibility index (Phi) is 4.65. The number of nitrogens with zero attached hydrogens (tertiary/aromatic N) is 2. The number of allylic oxidation sites excluding steroid dienone is 1. The second kappa shape index (κ2) is 7.24. The van der Waals surface area contributed by atoms with Crippen LogP contribution >= 0.6 is 27.7 Å². The van der Waals surface area contributed by atoms with Gasteiger partial charge in [-0.15, -0.1) is 0 Å². The van der Waals surface area contributed by atoms with E-state index in [0.29, 0.717) is 17.2 Å². The molecule has 126 valence electrons. The second-order valence-electron chi connectivity index (χ2n) is 5.49. The number of imidazole rings is 1. The number of hydrogen-bond donors (Lipinski definition) is 1. The van der Waals surface area contributed by atoms with Crippen LogP contribution in [0, 0.1) is 11.3 Å². The van der Waals surface area contributed by atoms with Crippen LogP contribution in [0.3, 0.4) is 0 Å². The Hall–Kier alpha value is -2.75. The number of rotatable bonds is 4. The van der Waals surface area contributed by atoms with Crippen LogP contribution in [-0.2, 0) is 0 Å². The van der Waals surface area contributed by atoms with Crippen molar-refractivity contribution >= 4 is 50.4 Å². The Balaban J connectivity index is 1.59. The molecule has 0 fully saturated rings. The molecule has 0 unspecified atom stereocenters. The van der Waals surface area contributed by atoms with Crippen molar-refractivity contribution in [2.45, 2.75) is 9.99 Å². The highest BCUT2D eigenvalue weighted by atomic mass is 79.9. The minimum absolute atomic E-state index is 0.427. The van der Waals surface area contributed by atoms with Gasteiger partial charge in [0.15, 0.2) is 5.09 Å². The van der Waals surface area contributed by atoms with Crippen LogP contribution in [0.5, 0.6) is 0 Å². The third-order valence-corrected chi connectivity index (χ3v) is 5.14. The fourth-order valence-corrected chi connectivity index (χ4v) is 3.50. The highest BCUT2D eigenvalue weighted by Gasteiger charge is 2.09. The van der Waals surface area contributed by atoms with Gasteiger partial charge in [-0.2, -0.15) is 5.26 Å². The lowest BCUT2D eigenvalue weighted by atomic mass is 10.2. The molecule has 0 radical (unpaired) electrons. The number of aromatic amines is 1. The van der Waals surface area contributed by atoms with Gasteiger partial charge in [0.25, 0.3) is 0 Å².